The molecule has 0 saturated heterocycles. The molecule has 0 aliphatic rings. The molecule has 0 spiro atoms. The minimum absolute atomic E-state index is 0.368. The molecule has 0 aromatic heterocycles. The molecule has 0 aliphatic heterocycles. The van der Waals surface area contributed by atoms with Gasteiger partial charge in [-0.05, 0) is 19.1 Å². The SMILES string of the molecule is CCO[Si](OC)(OC)c1ccc(F)c(F)c1. The van der Waals surface area contributed by atoms with Crippen LogP contribution >= 0.6 is 0 Å². The van der Waals surface area contributed by atoms with E-state index in [1.807, 2.05) is 0 Å². The van der Waals surface area contributed by atoms with Gasteiger partial charge in [0.2, 0.25) is 0 Å². The molecule has 3 nitrogen and oxygen atoms in total. The van der Waals surface area contributed by atoms with Crippen molar-refractivity contribution >= 4 is 14.0 Å². The maximum Gasteiger partial charge on any atom is 0.536 e. The summed E-state index contributed by atoms with van der Waals surface area (Å²) in [6.45, 7) is 2.15. The lowest BCUT2D eigenvalue weighted by Crippen LogP contribution is -2.55. The van der Waals surface area contributed by atoms with E-state index in [2.05, 4.69) is 0 Å². The lowest BCUT2D eigenvalue weighted by atomic mass is 10.3. The van der Waals surface area contributed by atoms with E-state index in [1.54, 1.807) is 6.92 Å². The molecule has 0 unspecified atom stereocenters. The summed E-state index contributed by atoms with van der Waals surface area (Å²) in [5.74, 6) is -1.85. The Bertz CT molecular complexity index is 356. The van der Waals surface area contributed by atoms with Gasteiger partial charge in [0.25, 0.3) is 0 Å². The van der Waals surface area contributed by atoms with E-state index in [0.29, 0.717) is 11.8 Å². The lowest BCUT2D eigenvalue weighted by Gasteiger charge is -2.25. The third-order valence-electron chi connectivity index (χ3n) is 2.14. The molecule has 0 saturated carbocycles. The summed E-state index contributed by atoms with van der Waals surface area (Å²) in [5.41, 5.74) is 0. The van der Waals surface area contributed by atoms with E-state index < -0.39 is 20.4 Å². The predicted molar refractivity (Wildman–Crippen MR) is 57.4 cm³/mol. The highest BCUT2D eigenvalue weighted by Gasteiger charge is 2.42. The van der Waals surface area contributed by atoms with Crippen LogP contribution in [0.15, 0.2) is 18.2 Å². The normalized spacial score (nSPS) is 11.8. The van der Waals surface area contributed by atoms with Crippen molar-refractivity contribution in [1.29, 1.82) is 0 Å². The summed E-state index contributed by atoms with van der Waals surface area (Å²) in [6, 6.07) is 3.49. The van der Waals surface area contributed by atoms with Crippen molar-refractivity contribution in [3.63, 3.8) is 0 Å². The Morgan fingerprint density at radius 3 is 2.19 bits per heavy atom. The first-order valence-corrected chi connectivity index (χ1v) is 6.52. The monoisotopic (exact) mass is 248 g/mol. The highest BCUT2D eigenvalue weighted by molar-refractivity contribution is 6.75. The van der Waals surface area contributed by atoms with E-state index in [0.717, 1.165) is 12.1 Å². The number of rotatable bonds is 5. The Morgan fingerprint density at radius 1 is 1.12 bits per heavy atom. The van der Waals surface area contributed by atoms with E-state index in [9.17, 15) is 8.78 Å². The largest absolute Gasteiger partial charge is 0.536 e. The van der Waals surface area contributed by atoms with Gasteiger partial charge in [-0.3, -0.25) is 0 Å². The lowest BCUT2D eigenvalue weighted by molar-refractivity contribution is 0.119. The highest BCUT2D eigenvalue weighted by Crippen LogP contribution is 2.11. The molecule has 16 heavy (non-hydrogen) atoms. The second-order valence-electron chi connectivity index (χ2n) is 3.03. The van der Waals surface area contributed by atoms with Gasteiger partial charge < -0.3 is 13.3 Å². The molecule has 1 rings (SSSR count). The van der Waals surface area contributed by atoms with Crippen LogP contribution in [0.2, 0.25) is 0 Å². The Hall–Kier alpha value is -0.823. The van der Waals surface area contributed by atoms with Crippen LogP contribution < -0.4 is 5.19 Å². The number of hydrogen-bond donors (Lipinski definition) is 0. The Kier molecular flexibility index (Phi) is 4.54. The Balaban J connectivity index is 3.14. The summed E-state index contributed by atoms with van der Waals surface area (Å²) in [6.07, 6.45) is 0. The smallest absolute Gasteiger partial charge is 0.373 e. The average Bonchev–Trinajstić information content (AvgIpc) is 2.30. The first-order valence-electron chi connectivity index (χ1n) is 4.79. The van der Waals surface area contributed by atoms with Crippen LogP contribution in [0.5, 0.6) is 0 Å². The zero-order valence-corrected chi connectivity index (χ0v) is 10.4. The van der Waals surface area contributed by atoms with Crippen molar-refractivity contribution in [3.8, 4) is 0 Å². The molecule has 1 aromatic rings. The molecule has 0 N–H and O–H groups in total. The maximum absolute atomic E-state index is 13.1. The first-order chi connectivity index (χ1) is 7.59. The standard InChI is InChI=1S/C10H14F2O3Si/c1-4-15-16(13-2,14-3)8-5-6-9(11)10(12)7-8/h5-7H,4H2,1-3H3. The second kappa shape index (κ2) is 5.49. The molecular formula is C10H14F2O3Si. The van der Waals surface area contributed by atoms with Gasteiger partial charge in [0, 0.05) is 26.0 Å². The van der Waals surface area contributed by atoms with Crippen molar-refractivity contribution in [2.24, 2.45) is 0 Å². The molecule has 90 valence electrons. The number of benzene rings is 1. The van der Waals surface area contributed by atoms with E-state index in [4.69, 9.17) is 13.3 Å². The maximum atomic E-state index is 13.1. The van der Waals surface area contributed by atoms with Crippen LogP contribution in [0.1, 0.15) is 6.92 Å². The van der Waals surface area contributed by atoms with Gasteiger partial charge >= 0.3 is 8.80 Å². The summed E-state index contributed by atoms with van der Waals surface area (Å²) in [5, 5.41) is 0.401. The molecule has 0 radical (unpaired) electrons. The summed E-state index contributed by atoms with van der Waals surface area (Å²) >= 11 is 0. The van der Waals surface area contributed by atoms with Crippen molar-refractivity contribution in [2.75, 3.05) is 20.8 Å². The summed E-state index contributed by atoms with van der Waals surface area (Å²) < 4.78 is 41.7. The minimum Gasteiger partial charge on any atom is -0.373 e. The van der Waals surface area contributed by atoms with E-state index in [1.165, 1.54) is 20.3 Å². The molecule has 0 atom stereocenters. The molecule has 0 fully saturated rings. The fourth-order valence-corrected chi connectivity index (χ4v) is 3.41. The second-order valence-corrected chi connectivity index (χ2v) is 5.82. The fourth-order valence-electron chi connectivity index (χ4n) is 1.40. The van der Waals surface area contributed by atoms with Crippen LogP contribution in [0.3, 0.4) is 0 Å². The van der Waals surface area contributed by atoms with Gasteiger partial charge in [-0.25, -0.2) is 8.78 Å². The molecule has 1 aromatic carbocycles. The fraction of sp³-hybridized carbons (Fsp3) is 0.400. The average molecular weight is 248 g/mol. The van der Waals surface area contributed by atoms with Crippen molar-refractivity contribution in [1.82, 2.24) is 0 Å². The van der Waals surface area contributed by atoms with Gasteiger partial charge in [-0.15, -0.1) is 0 Å². The summed E-state index contributed by atoms with van der Waals surface area (Å²) in [4.78, 5) is 0. The van der Waals surface area contributed by atoms with Crippen molar-refractivity contribution in [3.05, 3.63) is 29.8 Å². The predicted octanol–water partition coefficient (Wildman–Crippen LogP) is 1.44. The van der Waals surface area contributed by atoms with Gasteiger partial charge in [0.1, 0.15) is 0 Å². The van der Waals surface area contributed by atoms with E-state index in [-0.39, 0.29) is 0 Å². The molecule has 6 heteroatoms. The zero-order valence-electron chi connectivity index (χ0n) is 9.42. The first kappa shape index (κ1) is 13.2. The van der Waals surface area contributed by atoms with Crippen LogP contribution in [0.25, 0.3) is 0 Å². The Labute approximate surface area is 94.3 Å². The van der Waals surface area contributed by atoms with Gasteiger partial charge in [0.15, 0.2) is 11.6 Å². The van der Waals surface area contributed by atoms with Gasteiger partial charge in [-0.2, -0.15) is 0 Å². The minimum atomic E-state index is -3.08. The Morgan fingerprint density at radius 2 is 1.75 bits per heavy atom. The molecule has 0 bridgehead atoms. The third-order valence-corrected chi connectivity index (χ3v) is 4.91. The zero-order chi connectivity index (χ0) is 12.2. The molecular weight excluding hydrogens is 234 g/mol. The van der Waals surface area contributed by atoms with Gasteiger partial charge in [0.05, 0.1) is 0 Å². The van der Waals surface area contributed by atoms with Crippen LogP contribution in [-0.4, -0.2) is 29.6 Å². The molecule has 0 amide bonds. The topological polar surface area (TPSA) is 27.7 Å². The molecule has 0 heterocycles. The highest BCUT2D eigenvalue weighted by atomic mass is 28.4. The van der Waals surface area contributed by atoms with E-state index >= 15 is 0 Å². The quantitative estimate of drug-likeness (QED) is 0.738. The van der Waals surface area contributed by atoms with Crippen LogP contribution in [0.4, 0.5) is 8.78 Å². The van der Waals surface area contributed by atoms with Gasteiger partial charge in [-0.1, -0.05) is 6.07 Å². The van der Waals surface area contributed by atoms with Crippen LogP contribution in [0, 0.1) is 11.6 Å². The third kappa shape index (κ3) is 2.46. The number of hydrogen-bond acceptors (Lipinski definition) is 3. The van der Waals surface area contributed by atoms with Crippen LogP contribution in [-0.2, 0) is 13.3 Å². The molecule has 0 aliphatic carbocycles. The van der Waals surface area contributed by atoms with Crippen molar-refractivity contribution < 1.29 is 22.1 Å². The van der Waals surface area contributed by atoms with Crippen molar-refractivity contribution in [2.45, 2.75) is 6.92 Å². The summed E-state index contributed by atoms with van der Waals surface area (Å²) in [7, 11) is -0.234. The number of halogens is 2.